The summed E-state index contributed by atoms with van der Waals surface area (Å²) in [7, 11) is 1.60. The Kier molecular flexibility index (Phi) is 5.01. The summed E-state index contributed by atoms with van der Waals surface area (Å²) in [5.41, 5.74) is 1.75. The number of hydrogen-bond acceptors (Lipinski definition) is 2. The first-order chi connectivity index (χ1) is 9.67. The number of carbonyl (C=O) groups excluding carboxylic acids is 1. The van der Waals surface area contributed by atoms with Crippen LogP contribution in [0, 0.1) is 0 Å². The first kappa shape index (κ1) is 14.4. The Morgan fingerprint density at radius 1 is 1.20 bits per heavy atom. The summed E-state index contributed by atoms with van der Waals surface area (Å²) in [6.45, 7) is 0.474. The topological polar surface area (TPSA) is 50.4 Å². The average Bonchev–Trinajstić information content (AvgIpc) is 2.46. The number of hydrogen-bond donors (Lipinski definition) is 2. The normalized spacial score (nSPS) is 9.90. The Morgan fingerprint density at radius 2 is 1.95 bits per heavy atom. The van der Waals surface area contributed by atoms with Crippen molar-refractivity contribution in [2.75, 3.05) is 12.4 Å². The Morgan fingerprint density at radius 3 is 2.60 bits per heavy atom. The first-order valence-corrected chi connectivity index (χ1v) is 6.90. The largest absolute Gasteiger partial charge is 0.497 e. The molecule has 0 radical (unpaired) electrons. The number of urea groups is 1. The van der Waals surface area contributed by atoms with E-state index in [0.29, 0.717) is 6.54 Å². The quantitative estimate of drug-likeness (QED) is 0.893. The van der Waals surface area contributed by atoms with Crippen molar-refractivity contribution < 1.29 is 9.53 Å². The van der Waals surface area contributed by atoms with E-state index in [1.807, 2.05) is 24.3 Å². The number of amides is 2. The van der Waals surface area contributed by atoms with Crippen LogP contribution < -0.4 is 15.4 Å². The average molecular weight is 335 g/mol. The van der Waals surface area contributed by atoms with Gasteiger partial charge in [-0.15, -0.1) is 0 Å². The van der Waals surface area contributed by atoms with Gasteiger partial charge in [0.1, 0.15) is 5.75 Å². The van der Waals surface area contributed by atoms with Crippen molar-refractivity contribution in [1.82, 2.24) is 5.32 Å². The summed E-state index contributed by atoms with van der Waals surface area (Å²) < 4.78 is 6.05. The van der Waals surface area contributed by atoms with Crippen LogP contribution in [0.15, 0.2) is 53.0 Å². The van der Waals surface area contributed by atoms with Gasteiger partial charge in [0.25, 0.3) is 0 Å². The van der Waals surface area contributed by atoms with E-state index in [1.54, 1.807) is 31.4 Å². The molecule has 2 aromatic carbocycles. The van der Waals surface area contributed by atoms with Crippen molar-refractivity contribution in [2.45, 2.75) is 6.54 Å². The van der Waals surface area contributed by atoms with E-state index < -0.39 is 0 Å². The molecule has 2 N–H and O–H groups in total. The molecule has 0 saturated heterocycles. The van der Waals surface area contributed by atoms with Crippen molar-refractivity contribution in [3.63, 3.8) is 0 Å². The zero-order valence-corrected chi connectivity index (χ0v) is 12.6. The van der Waals surface area contributed by atoms with Gasteiger partial charge in [0.05, 0.1) is 7.11 Å². The van der Waals surface area contributed by atoms with Gasteiger partial charge in [0, 0.05) is 16.7 Å². The highest BCUT2D eigenvalue weighted by molar-refractivity contribution is 9.10. The Hall–Kier alpha value is -2.01. The number of rotatable bonds is 4. The fourth-order valence-electron chi connectivity index (χ4n) is 1.68. The van der Waals surface area contributed by atoms with Crippen molar-refractivity contribution in [2.24, 2.45) is 0 Å². The van der Waals surface area contributed by atoms with Gasteiger partial charge in [-0.3, -0.25) is 0 Å². The second-order valence-corrected chi connectivity index (χ2v) is 5.08. The third-order valence-corrected chi connectivity index (χ3v) is 3.18. The second kappa shape index (κ2) is 6.96. The van der Waals surface area contributed by atoms with Crippen LogP contribution in [-0.4, -0.2) is 13.1 Å². The predicted octanol–water partition coefficient (Wildman–Crippen LogP) is 3.78. The molecule has 2 amide bonds. The van der Waals surface area contributed by atoms with Crippen molar-refractivity contribution in [1.29, 1.82) is 0 Å². The molecule has 0 bridgehead atoms. The summed E-state index contributed by atoms with van der Waals surface area (Å²) in [4.78, 5) is 11.8. The van der Waals surface area contributed by atoms with E-state index in [1.165, 1.54) is 0 Å². The number of nitrogens with one attached hydrogen (secondary N) is 2. The number of halogens is 1. The van der Waals surface area contributed by atoms with E-state index >= 15 is 0 Å². The third kappa shape index (κ3) is 4.28. The Labute approximate surface area is 126 Å². The molecule has 0 aliphatic heterocycles. The summed E-state index contributed by atoms with van der Waals surface area (Å²) in [6.07, 6.45) is 0. The van der Waals surface area contributed by atoms with Gasteiger partial charge in [0.15, 0.2) is 0 Å². The maximum Gasteiger partial charge on any atom is 0.319 e. The number of methoxy groups -OCH3 is 1. The molecular formula is C15H15BrN2O2. The van der Waals surface area contributed by atoms with Crippen molar-refractivity contribution >= 4 is 27.6 Å². The molecule has 4 nitrogen and oxygen atoms in total. The molecule has 104 valence electrons. The SMILES string of the molecule is COc1ccc(NC(=O)NCc2cccc(Br)c2)cc1. The molecule has 0 aromatic heterocycles. The minimum Gasteiger partial charge on any atom is -0.497 e. The zero-order valence-electron chi connectivity index (χ0n) is 11.0. The van der Waals surface area contributed by atoms with E-state index in [2.05, 4.69) is 26.6 Å². The van der Waals surface area contributed by atoms with E-state index in [4.69, 9.17) is 4.74 Å². The van der Waals surface area contributed by atoms with Gasteiger partial charge in [-0.25, -0.2) is 4.79 Å². The highest BCUT2D eigenvalue weighted by Crippen LogP contribution is 2.15. The lowest BCUT2D eigenvalue weighted by Crippen LogP contribution is -2.28. The highest BCUT2D eigenvalue weighted by atomic mass is 79.9. The van der Waals surface area contributed by atoms with Crippen LogP contribution in [-0.2, 0) is 6.54 Å². The number of benzene rings is 2. The van der Waals surface area contributed by atoms with Crippen LogP contribution >= 0.6 is 15.9 Å². The van der Waals surface area contributed by atoms with Crippen LogP contribution in [0.4, 0.5) is 10.5 Å². The van der Waals surface area contributed by atoms with Crippen LogP contribution in [0.3, 0.4) is 0 Å². The monoisotopic (exact) mass is 334 g/mol. The van der Waals surface area contributed by atoms with Crippen molar-refractivity contribution in [3.05, 3.63) is 58.6 Å². The maximum absolute atomic E-state index is 11.8. The lowest BCUT2D eigenvalue weighted by atomic mass is 10.2. The smallest absolute Gasteiger partial charge is 0.319 e. The molecule has 0 aliphatic rings. The number of carbonyl (C=O) groups is 1. The van der Waals surface area contributed by atoms with Crippen LogP contribution in [0.5, 0.6) is 5.75 Å². The molecule has 0 fully saturated rings. The number of anilines is 1. The number of ether oxygens (including phenoxy) is 1. The molecule has 0 atom stereocenters. The van der Waals surface area contributed by atoms with Crippen LogP contribution in [0.25, 0.3) is 0 Å². The third-order valence-electron chi connectivity index (χ3n) is 2.69. The maximum atomic E-state index is 11.8. The van der Waals surface area contributed by atoms with Gasteiger partial charge in [-0.2, -0.15) is 0 Å². The summed E-state index contributed by atoms with van der Waals surface area (Å²) >= 11 is 3.40. The lowest BCUT2D eigenvalue weighted by Gasteiger charge is -2.08. The Balaban J connectivity index is 1.85. The van der Waals surface area contributed by atoms with Gasteiger partial charge in [-0.1, -0.05) is 28.1 Å². The molecule has 20 heavy (non-hydrogen) atoms. The molecule has 2 rings (SSSR count). The minimum absolute atomic E-state index is 0.241. The summed E-state index contributed by atoms with van der Waals surface area (Å²) in [5, 5.41) is 5.56. The molecule has 0 unspecified atom stereocenters. The molecule has 0 aliphatic carbocycles. The van der Waals surface area contributed by atoms with E-state index in [-0.39, 0.29) is 6.03 Å². The molecular weight excluding hydrogens is 320 g/mol. The van der Waals surface area contributed by atoms with Gasteiger partial charge >= 0.3 is 6.03 Å². The van der Waals surface area contributed by atoms with Crippen LogP contribution in [0.1, 0.15) is 5.56 Å². The first-order valence-electron chi connectivity index (χ1n) is 6.11. The highest BCUT2D eigenvalue weighted by Gasteiger charge is 2.02. The Bertz CT molecular complexity index is 585. The minimum atomic E-state index is -0.241. The molecule has 0 heterocycles. The van der Waals surface area contributed by atoms with E-state index in [0.717, 1.165) is 21.5 Å². The predicted molar refractivity (Wildman–Crippen MR) is 83.0 cm³/mol. The summed E-state index contributed by atoms with van der Waals surface area (Å²) in [6, 6.07) is 14.7. The standard InChI is InChI=1S/C15H15BrN2O2/c1-20-14-7-5-13(6-8-14)18-15(19)17-10-11-3-2-4-12(16)9-11/h2-9H,10H2,1H3,(H2,17,18,19). The van der Waals surface area contributed by atoms with Crippen molar-refractivity contribution in [3.8, 4) is 5.75 Å². The lowest BCUT2D eigenvalue weighted by molar-refractivity contribution is 0.251. The van der Waals surface area contributed by atoms with E-state index in [9.17, 15) is 4.79 Å². The summed E-state index contributed by atoms with van der Waals surface area (Å²) in [5.74, 6) is 0.755. The zero-order chi connectivity index (χ0) is 14.4. The van der Waals surface area contributed by atoms with Gasteiger partial charge in [-0.05, 0) is 42.0 Å². The fourth-order valence-corrected chi connectivity index (χ4v) is 2.13. The molecule has 2 aromatic rings. The van der Waals surface area contributed by atoms with Gasteiger partial charge < -0.3 is 15.4 Å². The fraction of sp³-hybridized carbons (Fsp3) is 0.133. The molecule has 5 heteroatoms. The van der Waals surface area contributed by atoms with Gasteiger partial charge in [0.2, 0.25) is 0 Å². The molecule has 0 spiro atoms. The van der Waals surface area contributed by atoms with Crippen LogP contribution in [0.2, 0.25) is 0 Å². The second-order valence-electron chi connectivity index (χ2n) is 4.17. The molecule has 0 saturated carbocycles.